The number of aromatic nitrogens is 2. The molecule has 2 aromatic carbocycles. The molecule has 0 saturated carbocycles. The van der Waals surface area contributed by atoms with Gasteiger partial charge in [-0.3, -0.25) is 0 Å². The number of rotatable bonds is 4. The van der Waals surface area contributed by atoms with Crippen molar-refractivity contribution in [1.82, 2.24) is 9.78 Å². The van der Waals surface area contributed by atoms with Crippen LogP contribution in [-0.2, 0) is 13.0 Å². The van der Waals surface area contributed by atoms with Crippen LogP contribution in [0.3, 0.4) is 0 Å². The third kappa shape index (κ3) is 3.43. The van der Waals surface area contributed by atoms with Crippen LogP contribution in [0.4, 0.5) is 5.82 Å². The number of hydrogen-bond acceptors (Lipinski definition) is 3. The summed E-state index contributed by atoms with van der Waals surface area (Å²) in [5.74, 6) is 0.418. The molecule has 114 valence electrons. The first-order valence-corrected chi connectivity index (χ1v) is 8.00. The fourth-order valence-corrected chi connectivity index (χ4v) is 2.71. The number of halogens is 1. The summed E-state index contributed by atoms with van der Waals surface area (Å²) < 4.78 is 2.72. The number of benzene rings is 2. The Morgan fingerprint density at radius 1 is 1.04 bits per heavy atom. The zero-order valence-electron chi connectivity index (χ0n) is 12.4. The van der Waals surface area contributed by atoms with Crippen LogP contribution < -0.4 is 5.73 Å². The van der Waals surface area contributed by atoms with E-state index in [1.165, 1.54) is 0 Å². The first kappa shape index (κ1) is 15.3. The van der Waals surface area contributed by atoms with Crippen molar-refractivity contribution < 1.29 is 0 Å². The average molecular weight is 367 g/mol. The molecule has 0 bridgehead atoms. The summed E-state index contributed by atoms with van der Waals surface area (Å²) >= 11 is 3.42. The molecular weight excluding hydrogens is 352 g/mol. The zero-order chi connectivity index (χ0) is 16.2. The molecule has 3 rings (SSSR count). The molecule has 0 saturated heterocycles. The Kier molecular flexibility index (Phi) is 4.45. The third-order valence-electron chi connectivity index (χ3n) is 3.64. The molecule has 3 aromatic rings. The summed E-state index contributed by atoms with van der Waals surface area (Å²) in [7, 11) is 0. The second-order valence-electron chi connectivity index (χ2n) is 5.27. The van der Waals surface area contributed by atoms with Crippen LogP contribution in [0.1, 0.15) is 22.4 Å². The van der Waals surface area contributed by atoms with Crippen LogP contribution in [0.25, 0.3) is 0 Å². The van der Waals surface area contributed by atoms with E-state index in [4.69, 9.17) is 5.73 Å². The molecule has 2 N–H and O–H groups in total. The maximum atomic E-state index is 9.40. The molecule has 0 amide bonds. The van der Waals surface area contributed by atoms with Crippen molar-refractivity contribution in [3.63, 3.8) is 0 Å². The lowest BCUT2D eigenvalue weighted by atomic mass is 10.1. The van der Waals surface area contributed by atoms with Gasteiger partial charge in [-0.25, -0.2) is 4.68 Å². The fourth-order valence-electron chi connectivity index (χ4n) is 2.44. The van der Waals surface area contributed by atoms with E-state index >= 15 is 0 Å². The first-order chi connectivity index (χ1) is 11.2. The number of nitrogen functional groups attached to an aromatic ring is 1. The van der Waals surface area contributed by atoms with Crippen LogP contribution in [0.2, 0.25) is 0 Å². The predicted octanol–water partition coefficient (Wildman–Crippen LogP) is 3.74. The van der Waals surface area contributed by atoms with Gasteiger partial charge >= 0.3 is 0 Å². The third-order valence-corrected chi connectivity index (χ3v) is 4.16. The maximum absolute atomic E-state index is 9.40. The van der Waals surface area contributed by atoms with Crippen molar-refractivity contribution in [2.45, 2.75) is 13.0 Å². The Morgan fingerprint density at radius 3 is 2.39 bits per heavy atom. The van der Waals surface area contributed by atoms with Crippen LogP contribution in [0.5, 0.6) is 0 Å². The summed E-state index contributed by atoms with van der Waals surface area (Å²) in [6.07, 6.45) is 0.598. The van der Waals surface area contributed by atoms with Gasteiger partial charge in [0.2, 0.25) is 0 Å². The number of hydrogen-bond donors (Lipinski definition) is 1. The summed E-state index contributed by atoms with van der Waals surface area (Å²) in [4.78, 5) is 0. The van der Waals surface area contributed by atoms with Gasteiger partial charge in [0, 0.05) is 10.9 Å². The molecule has 1 aromatic heterocycles. The molecule has 0 aliphatic carbocycles. The maximum Gasteiger partial charge on any atom is 0.140 e. The average Bonchev–Trinajstić information content (AvgIpc) is 2.85. The van der Waals surface area contributed by atoms with Gasteiger partial charge in [0.15, 0.2) is 0 Å². The van der Waals surface area contributed by atoms with Gasteiger partial charge in [-0.15, -0.1) is 0 Å². The lowest BCUT2D eigenvalue weighted by molar-refractivity contribution is 0.684. The van der Waals surface area contributed by atoms with Crippen molar-refractivity contribution in [3.05, 3.63) is 81.5 Å². The Labute approximate surface area is 143 Å². The fraction of sp³-hybridized carbons (Fsp3) is 0.111. The van der Waals surface area contributed by atoms with E-state index in [-0.39, 0.29) is 0 Å². The van der Waals surface area contributed by atoms with Gasteiger partial charge in [0.1, 0.15) is 17.5 Å². The largest absolute Gasteiger partial charge is 0.383 e. The van der Waals surface area contributed by atoms with Crippen molar-refractivity contribution >= 4 is 21.7 Å². The molecule has 5 heteroatoms. The lowest BCUT2D eigenvalue weighted by Gasteiger charge is -2.04. The minimum atomic E-state index is 0.418. The van der Waals surface area contributed by atoms with E-state index in [9.17, 15) is 5.26 Å². The van der Waals surface area contributed by atoms with Crippen molar-refractivity contribution in [1.29, 1.82) is 5.26 Å². The summed E-state index contributed by atoms with van der Waals surface area (Å²) in [6.45, 7) is 0.544. The second kappa shape index (κ2) is 6.67. The Balaban J connectivity index is 1.90. The topological polar surface area (TPSA) is 67.6 Å². The molecule has 0 unspecified atom stereocenters. The molecule has 1 heterocycles. The summed E-state index contributed by atoms with van der Waals surface area (Å²) in [5.41, 5.74) is 9.48. The van der Waals surface area contributed by atoms with Gasteiger partial charge in [-0.1, -0.05) is 58.4 Å². The lowest BCUT2D eigenvalue weighted by Crippen LogP contribution is -2.06. The highest BCUT2D eigenvalue weighted by atomic mass is 79.9. The Morgan fingerprint density at radius 2 is 1.74 bits per heavy atom. The number of nitriles is 1. The molecule has 23 heavy (non-hydrogen) atoms. The van der Waals surface area contributed by atoms with E-state index in [2.05, 4.69) is 27.1 Å². The van der Waals surface area contributed by atoms with Gasteiger partial charge in [-0.05, 0) is 23.3 Å². The van der Waals surface area contributed by atoms with Gasteiger partial charge in [0.25, 0.3) is 0 Å². The standard InChI is InChI=1S/C18H15BrN4/c19-15-8-6-14(7-9-15)12-23-18(21)16(11-20)17(22-23)10-13-4-2-1-3-5-13/h1-9H,10,12,21H2. The van der Waals surface area contributed by atoms with Crippen LogP contribution in [-0.4, -0.2) is 9.78 Å². The minimum Gasteiger partial charge on any atom is -0.383 e. The van der Waals surface area contributed by atoms with Crippen molar-refractivity contribution in [3.8, 4) is 6.07 Å². The minimum absolute atomic E-state index is 0.418. The van der Waals surface area contributed by atoms with E-state index in [1.807, 2.05) is 54.6 Å². The Hall–Kier alpha value is -2.58. The molecule has 0 fully saturated rings. The van der Waals surface area contributed by atoms with E-state index < -0.39 is 0 Å². The second-order valence-corrected chi connectivity index (χ2v) is 6.18. The van der Waals surface area contributed by atoms with Crippen LogP contribution in [0, 0.1) is 11.3 Å². The molecule has 0 atom stereocenters. The summed E-state index contributed by atoms with van der Waals surface area (Å²) in [6, 6.07) is 20.1. The first-order valence-electron chi connectivity index (χ1n) is 7.21. The van der Waals surface area contributed by atoms with Crippen molar-refractivity contribution in [2.24, 2.45) is 0 Å². The quantitative estimate of drug-likeness (QED) is 0.764. The van der Waals surface area contributed by atoms with Gasteiger partial charge < -0.3 is 5.73 Å². The number of anilines is 1. The van der Waals surface area contributed by atoms with E-state index in [0.717, 1.165) is 15.6 Å². The van der Waals surface area contributed by atoms with Crippen molar-refractivity contribution in [2.75, 3.05) is 5.73 Å². The van der Waals surface area contributed by atoms with Gasteiger partial charge in [0.05, 0.1) is 12.2 Å². The highest BCUT2D eigenvalue weighted by Crippen LogP contribution is 2.21. The normalized spacial score (nSPS) is 10.4. The van der Waals surface area contributed by atoms with Crippen LogP contribution in [0.15, 0.2) is 59.1 Å². The van der Waals surface area contributed by atoms with Crippen LogP contribution >= 0.6 is 15.9 Å². The summed E-state index contributed by atoms with van der Waals surface area (Å²) in [5, 5.41) is 14.0. The molecule has 0 spiro atoms. The monoisotopic (exact) mass is 366 g/mol. The smallest absolute Gasteiger partial charge is 0.140 e. The van der Waals surface area contributed by atoms with Gasteiger partial charge in [-0.2, -0.15) is 10.4 Å². The molecule has 4 nitrogen and oxygen atoms in total. The Bertz CT molecular complexity index is 845. The zero-order valence-corrected chi connectivity index (χ0v) is 14.0. The number of nitrogens with two attached hydrogens (primary N) is 1. The molecular formula is C18H15BrN4. The highest BCUT2D eigenvalue weighted by Gasteiger charge is 2.15. The van der Waals surface area contributed by atoms with E-state index in [1.54, 1.807) is 4.68 Å². The molecule has 0 aliphatic heterocycles. The predicted molar refractivity (Wildman–Crippen MR) is 93.8 cm³/mol. The molecule has 0 radical (unpaired) electrons. The SMILES string of the molecule is N#Cc1c(Cc2ccccc2)nn(Cc2ccc(Br)cc2)c1N. The highest BCUT2D eigenvalue weighted by molar-refractivity contribution is 9.10. The van der Waals surface area contributed by atoms with E-state index in [0.29, 0.717) is 30.0 Å². The molecule has 0 aliphatic rings. The number of nitrogens with zero attached hydrogens (tertiary/aromatic N) is 3.